The molecule has 2 heterocycles. The molecule has 0 spiro atoms. The summed E-state index contributed by atoms with van der Waals surface area (Å²) in [5.41, 5.74) is 3.42. The average Bonchev–Trinajstić information content (AvgIpc) is 2.94. The number of rotatable bonds is 3. The van der Waals surface area contributed by atoms with Crippen LogP contribution in [0.15, 0.2) is 47.8 Å². The van der Waals surface area contributed by atoms with Crippen LogP contribution in [-0.2, 0) is 0 Å². The number of pyridine rings is 1. The third-order valence-electron chi connectivity index (χ3n) is 3.35. The summed E-state index contributed by atoms with van der Waals surface area (Å²) >= 11 is 1.76. The molecule has 19 heavy (non-hydrogen) atoms. The van der Waals surface area contributed by atoms with Crippen LogP contribution < -0.4 is 5.32 Å². The highest BCUT2D eigenvalue weighted by atomic mass is 32.1. The molecule has 0 bridgehead atoms. The monoisotopic (exact) mass is 268 g/mol. The average molecular weight is 268 g/mol. The fourth-order valence-corrected chi connectivity index (χ4v) is 3.26. The molecule has 0 fully saturated rings. The van der Waals surface area contributed by atoms with Gasteiger partial charge in [0.25, 0.3) is 0 Å². The molecular formula is C16H16N2S. The Balaban J connectivity index is 2.14. The Kier molecular flexibility index (Phi) is 3.32. The molecule has 2 nitrogen and oxygen atoms in total. The first-order chi connectivity index (χ1) is 9.29. The molecule has 3 rings (SSSR count). The van der Waals surface area contributed by atoms with Crippen LogP contribution in [0.5, 0.6) is 0 Å². The van der Waals surface area contributed by atoms with Crippen molar-refractivity contribution in [2.75, 3.05) is 7.05 Å². The number of thiophene rings is 1. The van der Waals surface area contributed by atoms with Gasteiger partial charge in [0.2, 0.25) is 0 Å². The van der Waals surface area contributed by atoms with Crippen molar-refractivity contribution < 1.29 is 0 Å². The summed E-state index contributed by atoms with van der Waals surface area (Å²) in [5, 5.41) is 6.69. The van der Waals surface area contributed by atoms with Crippen LogP contribution in [0.1, 0.15) is 22.2 Å². The first kappa shape index (κ1) is 12.3. The van der Waals surface area contributed by atoms with Crippen LogP contribution in [0.3, 0.4) is 0 Å². The van der Waals surface area contributed by atoms with Gasteiger partial charge in [-0.05, 0) is 43.1 Å². The molecule has 0 aliphatic heterocycles. The Morgan fingerprint density at radius 3 is 2.74 bits per heavy atom. The largest absolute Gasteiger partial charge is 0.307 e. The van der Waals surface area contributed by atoms with Crippen LogP contribution in [-0.4, -0.2) is 12.0 Å². The van der Waals surface area contributed by atoms with Gasteiger partial charge in [-0.2, -0.15) is 0 Å². The van der Waals surface area contributed by atoms with Gasteiger partial charge in [-0.1, -0.05) is 24.3 Å². The Hall–Kier alpha value is -1.71. The molecule has 1 atom stereocenters. The van der Waals surface area contributed by atoms with Crippen molar-refractivity contribution >= 4 is 22.2 Å². The number of hydrogen-bond acceptors (Lipinski definition) is 3. The molecule has 0 aliphatic rings. The van der Waals surface area contributed by atoms with Crippen LogP contribution >= 0.6 is 11.3 Å². The van der Waals surface area contributed by atoms with Crippen LogP contribution in [0.25, 0.3) is 10.9 Å². The van der Waals surface area contributed by atoms with Gasteiger partial charge in [0.1, 0.15) is 0 Å². The maximum atomic E-state index is 4.81. The Labute approximate surface area is 117 Å². The molecule has 1 unspecified atom stereocenters. The fraction of sp³-hybridized carbons (Fsp3) is 0.188. The summed E-state index contributed by atoms with van der Waals surface area (Å²) < 4.78 is 0. The number of aryl methyl sites for hydroxylation is 1. The minimum Gasteiger partial charge on any atom is -0.307 e. The summed E-state index contributed by atoms with van der Waals surface area (Å²) in [6.07, 6.45) is 0. The number of benzene rings is 1. The van der Waals surface area contributed by atoms with Crippen molar-refractivity contribution in [3.05, 3.63) is 64.0 Å². The van der Waals surface area contributed by atoms with Gasteiger partial charge in [0, 0.05) is 10.3 Å². The van der Waals surface area contributed by atoms with Gasteiger partial charge in [-0.25, -0.2) is 0 Å². The number of nitrogens with zero attached hydrogens (tertiary/aromatic N) is 1. The second kappa shape index (κ2) is 5.11. The predicted molar refractivity (Wildman–Crippen MR) is 81.7 cm³/mol. The van der Waals surface area contributed by atoms with Crippen molar-refractivity contribution in [3.8, 4) is 0 Å². The van der Waals surface area contributed by atoms with E-state index in [1.165, 1.54) is 15.8 Å². The van der Waals surface area contributed by atoms with E-state index in [0.717, 1.165) is 11.2 Å². The van der Waals surface area contributed by atoms with Gasteiger partial charge >= 0.3 is 0 Å². The molecule has 3 aromatic rings. The van der Waals surface area contributed by atoms with E-state index < -0.39 is 0 Å². The first-order valence-corrected chi connectivity index (χ1v) is 7.24. The van der Waals surface area contributed by atoms with Gasteiger partial charge in [0.05, 0.1) is 17.3 Å². The van der Waals surface area contributed by atoms with Crippen LogP contribution in [0.4, 0.5) is 0 Å². The Morgan fingerprint density at radius 1 is 1.16 bits per heavy atom. The third-order valence-corrected chi connectivity index (χ3v) is 4.29. The van der Waals surface area contributed by atoms with Crippen molar-refractivity contribution in [3.63, 3.8) is 0 Å². The summed E-state index contributed by atoms with van der Waals surface area (Å²) in [6.45, 7) is 2.15. The minimum atomic E-state index is 0.170. The summed E-state index contributed by atoms with van der Waals surface area (Å²) in [5.74, 6) is 0. The zero-order valence-corrected chi connectivity index (χ0v) is 11.9. The molecular weight excluding hydrogens is 252 g/mol. The number of nitrogens with one attached hydrogen (secondary N) is 1. The molecule has 0 radical (unpaired) electrons. The van der Waals surface area contributed by atoms with Gasteiger partial charge < -0.3 is 5.32 Å². The lowest BCUT2D eigenvalue weighted by Gasteiger charge is -2.16. The van der Waals surface area contributed by atoms with E-state index in [-0.39, 0.29) is 6.04 Å². The standard InChI is InChI=1S/C16H16N2S/c1-11-10-14(16(17-2)15-8-5-9-19-15)18-13-7-4-3-6-12(11)13/h3-10,16-17H,1-2H3. The smallest absolute Gasteiger partial charge is 0.0842 e. The topological polar surface area (TPSA) is 24.9 Å². The second-order valence-electron chi connectivity index (χ2n) is 4.62. The Bertz CT molecular complexity index is 689. The SMILES string of the molecule is CNC(c1cc(C)c2ccccc2n1)c1cccs1. The molecule has 0 saturated carbocycles. The van der Waals surface area contributed by atoms with Crippen molar-refractivity contribution in [2.24, 2.45) is 0 Å². The summed E-state index contributed by atoms with van der Waals surface area (Å²) in [7, 11) is 1.98. The lowest BCUT2D eigenvalue weighted by atomic mass is 10.1. The summed E-state index contributed by atoms with van der Waals surface area (Å²) in [6, 6.07) is 14.9. The molecule has 2 aromatic heterocycles. The predicted octanol–water partition coefficient (Wildman–Crippen LogP) is 3.91. The van der Waals surface area contributed by atoms with E-state index in [0.29, 0.717) is 0 Å². The normalized spacial score (nSPS) is 12.7. The van der Waals surface area contributed by atoms with E-state index in [1.807, 2.05) is 13.1 Å². The number of hydrogen-bond donors (Lipinski definition) is 1. The fourth-order valence-electron chi connectivity index (χ4n) is 2.41. The Morgan fingerprint density at radius 2 is 2.00 bits per heavy atom. The van der Waals surface area contributed by atoms with Gasteiger partial charge in [0.15, 0.2) is 0 Å². The van der Waals surface area contributed by atoms with Gasteiger partial charge in [-0.15, -0.1) is 11.3 Å². The quantitative estimate of drug-likeness (QED) is 0.779. The molecule has 1 aromatic carbocycles. The highest BCUT2D eigenvalue weighted by Crippen LogP contribution is 2.27. The van der Waals surface area contributed by atoms with Crippen molar-refractivity contribution in [2.45, 2.75) is 13.0 Å². The lowest BCUT2D eigenvalue weighted by Crippen LogP contribution is -2.18. The maximum absolute atomic E-state index is 4.81. The third kappa shape index (κ3) is 2.27. The molecule has 0 amide bonds. The van der Waals surface area contributed by atoms with Crippen LogP contribution in [0, 0.1) is 6.92 Å². The summed E-state index contributed by atoms with van der Waals surface area (Å²) in [4.78, 5) is 6.10. The maximum Gasteiger partial charge on any atom is 0.0842 e. The van der Waals surface area contributed by atoms with E-state index >= 15 is 0 Å². The van der Waals surface area contributed by atoms with Crippen LogP contribution in [0.2, 0.25) is 0 Å². The minimum absolute atomic E-state index is 0.170. The first-order valence-electron chi connectivity index (χ1n) is 6.36. The van der Waals surface area contributed by atoms with E-state index in [1.54, 1.807) is 11.3 Å². The molecule has 96 valence electrons. The molecule has 0 saturated heterocycles. The second-order valence-corrected chi connectivity index (χ2v) is 5.60. The number of para-hydroxylation sites is 1. The number of fused-ring (bicyclic) bond motifs is 1. The van der Waals surface area contributed by atoms with E-state index in [9.17, 15) is 0 Å². The lowest BCUT2D eigenvalue weighted by molar-refractivity contribution is 0.685. The zero-order valence-electron chi connectivity index (χ0n) is 11.1. The van der Waals surface area contributed by atoms with Gasteiger partial charge in [-0.3, -0.25) is 4.98 Å². The molecule has 0 aliphatic carbocycles. The highest BCUT2D eigenvalue weighted by Gasteiger charge is 2.15. The number of aromatic nitrogens is 1. The highest BCUT2D eigenvalue weighted by molar-refractivity contribution is 7.10. The molecule has 3 heteroatoms. The van der Waals surface area contributed by atoms with E-state index in [4.69, 9.17) is 4.98 Å². The molecule has 1 N–H and O–H groups in total. The zero-order chi connectivity index (χ0) is 13.2. The van der Waals surface area contributed by atoms with Crippen molar-refractivity contribution in [1.82, 2.24) is 10.3 Å². The van der Waals surface area contributed by atoms with Crippen molar-refractivity contribution in [1.29, 1.82) is 0 Å². The van der Waals surface area contributed by atoms with E-state index in [2.05, 4.69) is 54.0 Å².